The Kier molecular flexibility index (Phi) is 20.4. The van der Waals surface area contributed by atoms with Crippen molar-refractivity contribution < 1.29 is 47.0 Å². The molecule has 0 aliphatic heterocycles. The Balaban J connectivity index is 0.00000146. The van der Waals surface area contributed by atoms with Crippen molar-refractivity contribution in [2.75, 3.05) is 13.1 Å². The Hall–Kier alpha value is -5.88. The molecule has 0 spiro atoms. The van der Waals surface area contributed by atoms with Gasteiger partial charge in [-0.05, 0) is 68.4 Å². The molecule has 0 saturated heterocycles. The first kappa shape index (κ1) is 47.3. The van der Waals surface area contributed by atoms with E-state index in [1.807, 2.05) is 42.5 Å². The summed E-state index contributed by atoms with van der Waals surface area (Å²) in [4.78, 5) is 61.0. The van der Waals surface area contributed by atoms with E-state index >= 15 is 0 Å². The molecule has 3 rings (SSSR count). The van der Waals surface area contributed by atoms with Gasteiger partial charge in [-0.3, -0.25) is 25.2 Å². The Morgan fingerprint density at radius 2 is 1.35 bits per heavy atom. The van der Waals surface area contributed by atoms with E-state index in [9.17, 15) is 32.3 Å². The molecule has 2 aromatic rings. The van der Waals surface area contributed by atoms with Crippen molar-refractivity contribution in [2.45, 2.75) is 95.5 Å². The summed E-state index contributed by atoms with van der Waals surface area (Å²) in [5, 5.41) is 33.2. The number of ether oxygens (including phenoxy) is 1. The molecule has 16 nitrogen and oxygen atoms in total. The van der Waals surface area contributed by atoms with Crippen LogP contribution in [0.1, 0.15) is 80.9 Å². The number of primary amides is 1. The fraction of sp³-hybridized carbons (Fsp3) is 0.500. The monoisotopic (exact) mass is 805 g/mol. The largest absolute Gasteiger partial charge is 0.490 e. The highest BCUT2D eigenvalue weighted by Crippen LogP contribution is 2.32. The molecular formula is C38H54F3N9O7. The topological polar surface area (TPSA) is 289 Å². The number of alkyl halides is 3. The van der Waals surface area contributed by atoms with Crippen LogP contribution in [-0.4, -0.2) is 78.0 Å². The van der Waals surface area contributed by atoms with Gasteiger partial charge in [0.25, 0.3) is 0 Å². The van der Waals surface area contributed by atoms with Crippen LogP contribution in [0.3, 0.4) is 0 Å². The van der Waals surface area contributed by atoms with Gasteiger partial charge in [0, 0.05) is 24.6 Å². The van der Waals surface area contributed by atoms with E-state index in [4.69, 9.17) is 42.7 Å². The van der Waals surface area contributed by atoms with Crippen molar-refractivity contribution >= 4 is 41.6 Å². The molecule has 4 amide bonds. The highest BCUT2D eigenvalue weighted by atomic mass is 19.4. The van der Waals surface area contributed by atoms with Gasteiger partial charge in [0.2, 0.25) is 17.7 Å². The molecule has 1 fully saturated rings. The number of guanidine groups is 1. The van der Waals surface area contributed by atoms with Gasteiger partial charge in [0.1, 0.15) is 24.5 Å². The molecule has 1 aliphatic carbocycles. The minimum absolute atomic E-state index is 0.0318. The van der Waals surface area contributed by atoms with E-state index in [2.05, 4.69) is 21.3 Å². The molecule has 1 aliphatic rings. The molecule has 1 saturated carbocycles. The smallest absolute Gasteiger partial charge is 0.475 e. The summed E-state index contributed by atoms with van der Waals surface area (Å²) in [7, 11) is 0. The number of amidine groups is 1. The van der Waals surface area contributed by atoms with Crippen molar-refractivity contribution in [3.05, 3.63) is 71.3 Å². The number of amides is 4. The van der Waals surface area contributed by atoms with Gasteiger partial charge in [-0.25, -0.2) is 9.59 Å². The normalized spacial score (nSPS) is 14.3. The number of carboxylic acids is 1. The standard InChI is InChI=1S/C36H53N9O5.C2HF3O2/c37-31(38)27-18-16-24(17-19-27)22-28(26-12-5-2-6-13-26)33(47)45-30(34(48)44-29(32(39)46)15-9-21-42-35(40)41)14-7-8-20-43-36(49)50-23-25-10-3-1-4-11-25;3-2(4,5)1(6)7/h1,3-4,10-11,16-19,26,28-30H,2,5-9,12-15,20-23H2,(H3,37,38)(H2,39,46)(H,43,49)(H,44,48)(H,45,47)(H4,40,41,42);(H,6,7)/t28-,29+,30+;/m1./s1. The minimum Gasteiger partial charge on any atom is -0.475 e. The summed E-state index contributed by atoms with van der Waals surface area (Å²) in [6.07, 6.45) is 1.73. The lowest BCUT2D eigenvalue weighted by Gasteiger charge is -2.31. The first-order chi connectivity index (χ1) is 27.0. The number of nitrogens with two attached hydrogens (primary N) is 3. The van der Waals surface area contributed by atoms with Crippen LogP contribution in [-0.2, 0) is 36.9 Å². The maximum absolute atomic E-state index is 14.0. The van der Waals surface area contributed by atoms with E-state index in [0.29, 0.717) is 44.3 Å². The molecule has 0 radical (unpaired) electrons. The minimum atomic E-state index is -5.08. The average molecular weight is 806 g/mol. The lowest BCUT2D eigenvalue weighted by molar-refractivity contribution is -0.192. The molecule has 2 aromatic carbocycles. The number of carboxylic acid groups (broad SMARTS) is 1. The zero-order valence-corrected chi connectivity index (χ0v) is 31.7. The number of nitrogen functional groups attached to an aromatic ring is 1. The quantitative estimate of drug-likeness (QED) is 0.0530. The number of nitrogens with one attached hydrogen (secondary N) is 6. The number of aliphatic carboxylic acids is 1. The number of hydrogen-bond donors (Lipinski definition) is 10. The fourth-order valence-corrected chi connectivity index (χ4v) is 6.16. The number of carbonyl (C=O) groups is 5. The summed E-state index contributed by atoms with van der Waals surface area (Å²) < 4.78 is 37.0. The third kappa shape index (κ3) is 19.0. The Morgan fingerprint density at radius 3 is 1.91 bits per heavy atom. The molecule has 3 atom stereocenters. The van der Waals surface area contributed by atoms with Gasteiger partial charge in [0.05, 0.1) is 0 Å². The van der Waals surface area contributed by atoms with E-state index in [-0.39, 0.29) is 49.0 Å². The lowest BCUT2D eigenvalue weighted by atomic mass is 9.76. The van der Waals surface area contributed by atoms with Crippen molar-refractivity contribution in [1.82, 2.24) is 21.3 Å². The number of benzene rings is 2. The molecule has 314 valence electrons. The van der Waals surface area contributed by atoms with E-state index < -0.39 is 42.1 Å². The van der Waals surface area contributed by atoms with Gasteiger partial charge in [0.15, 0.2) is 5.96 Å². The van der Waals surface area contributed by atoms with Crippen molar-refractivity contribution in [3.63, 3.8) is 0 Å². The molecule has 13 N–H and O–H groups in total. The van der Waals surface area contributed by atoms with Crippen molar-refractivity contribution in [1.29, 1.82) is 10.8 Å². The Labute approximate surface area is 329 Å². The van der Waals surface area contributed by atoms with Gasteiger partial charge in [-0.1, -0.05) is 73.9 Å². The third-order valence-corrected chi connectivity index (χ3v) is 9.20. The van der Waals surface area contributed by atoms with Crippen molar-refractivity contribution in [2.24, 2.45) is 29.0 Å². The molecule has 0 aromatic heterocycles. The number of rotatable bonds is 20. The second kappa shape index (κ2) is 24.6. The lowest BCUT2D eigenvalue weighted by Crippen LogP contribution is -2.54. The fourth-order valence-electron chi connectivity index (χ4n) is 6.16. The zero-order chi connectivity index (χ0) is 42.4. The number of halogens is 3. The summed E-state index contributed by atoms with van der Waals surface area (Å²) >= 11 is 0. The number of hydrogen-bond acceptors (Lipinski definition) is 8. The average Bonchev–Trinajstić information content (AvgIpc) is 3.17. The second-order valence-corrected chi connectivity index (χ2v) is 13.6. The predicted octanol–water partition coefficient (Wildman–Crippen LogP) is 3.16. The molecular weight excluding hydrogens is 751 g/mol. The van der Waals surface area contributed by atoms with E-state index in [1.165, 1.54) is 0 Å². The van der Waals surface area contributed by atoms with E-state index in [0.717, 1.165) is 43.2 Å². The van der Waals surface area contributed by atoms with Crippen LogP contribution in [0, 0.1) is 22.7 Å². The summed E-state index contributed by atoms with van der Waals surface area (Å²) in [6, 6.07) is 14.7. The Morgan fingerprint density at radius 1 is 0.772 bits per heavy atom. The van der Waals surface area contributed by atoms with Gasteiger partial charge >= 0.3 is 18.2 Å². The highest BCUT2D eigenvalue weighted by Gasteiger charge is 2.38. The maximum Gasteiger partial charge on any atom is 0.490 e. The van der Waals surface area contributed by atoms with Crippen LogP contribution >= 0.6 is 0 Å². The number of unbranched alkanes of at least 4 members (excludes halogenated alkanes) is 1. The maximum atomic E-state index is 14.0. The van der Waals surface area contributed by atoms with E-state index in [1.54, 1.807) is 12.1 Å². The highest BCUT2D eigenvalue weighted by molar-refractivity contribution is 5.95. The zero-order valence-electron chi connectivity index (χ0n) is 31.7. The van der Waals surface area contributed by atoms with Crippen LogP contribution < -0.4 is 38.5 Å². The number of carbonyl (C=O) groups excluding carboxylic acids is 4. The van der Waals surface area contributed by atoms with Crippen LogP contribution in [0.4, 0.5) is 18.0 Å². The molecule has 0 heterocycles. The SMILES string of the molecule is N=C(N)NCCC[C@H](NC(=O)[C@H](CCCCNC(=O)OCc1ccccc1)NC(=O)[C@H](Cc1ccc(C(=N)N)cc1)C1CCCCC1)C(N)=O.O=C(O)C(F)(F)F. The van der Waals surface area contributed by atoms with Crippen LogP contribution in [0.15, 0.2) is 54.6 Å². The predicted molar refractivity (Wildman–Crippen MR) is 206 cm³/mol. The van der Waals surface area contributed by atoms with Crippen LogP contribution in [0.25, 0.3) is 0 Å². The molecule has 0 bridgehead atoms. The summed E-state index contributed by atoms with van der Waals surface area (Å²) in [5.74, 6) is -4.71. The molecule has 19 heteroatoms. The summed E-state index contributed by atoms with van der Waals surface area (Å²) in [6.45, 7) is 0.784. The van der Waals surface area contributed by atoms with Crippen LogP contribution in [0.5, 0.6) is 0 Å². The van der Waals surface area contributed by atoms with Gasteiger partial charge < -0.3 is 48.3 Å². The second-order valence-electron chi connectivity index (χ2n) is 13.6. The first-order valence-electron chi connectivity index (χ1n) is 18.6. The molecule has 0 unspecified atom stereocenters. The first-order valence-corrected chi connectivity index (χ1v) is 18.6. The Bertz CT molecular complexity index is 1620. The number of alkyl carbamates (subject to hydrolysis) is 1. The van der Waals surface area contributed by atoms with Crippen molar-refractivity contribution in [3.8, 4) is 0 Å². The van der Waals surface area contributed by atoms with Crippen LogP contribution in [0.2, 0.25) is 0 Å². The third-order valence-electron chi connectivity index (χ3n) is 9.20. The summed E-state index contributed by atoms with van der Waals surface area (Å²) in [5.41, 5.74) is 19.0. The van der Waals surface area contributed by atoms with Gasteiger partial charge in [-0.2, -0.15) is 13.2 Å². The molecule has 57 heavy (non-hydrogen) atoms. The van der Waals surface area contributed by atoms with Gasteiger partial charge in [-0.15, -0.1) is 0 Å².